The quantitative estimate of drug-likeness (QED) is 0.410. The van der Waals surface area contributed by atoms with Crippen LogP contribution in [0.5, 0.6) is 0 Å². The fraction of sp³-hybridized carbons (Fsp3) is 0.105. The summed E-state index contributed by atoms with van der Waals surface area (Å²) < 4.78 is 1.03. The highest BCUT2D eigenvalue weighted by Crippen LogP contribution is 2.32. The number of thiophene rings is 1. The fourth-order valence-electron chi connectivity index (χ4n) is 2.64. The van der Waals surface area contributed by atoms with Crippen LogP contribution in [0, 0.1) is 0 Å². The maximum Gasteiger partial charge on any atom is 0.237 e. The number of amides is 1. The predicted molar refractivity (Wildman–Crippen MR) is 105 cm³/mol. The molecule has 1 N–H and O–H groups in total. The van der Waals surface area contributed by atoms with E-state index in [0.717, 1.165) is 31.7 Å². The van der Waals surface area contributed by atoms with Gasteiger partial charge in [-0.1, -0.05) is 48.2 Å². The summed E-state index contributed by atoms with van der Waals surface area (Å²) in [6.07, 6.45) is 1.55. The van der Waals surface area contributed by atoms with E-state index in [2.05, 4.69) is 15.3 Å². The van der Waals surface area contributed by atoms with E-state index in [-0.39, 0.29) is 11.2 Å². The van der Waals surface area contributed by atoms with E-state index in [1.165, 1.54) is 11.8 Å². The van der Waals surface area contributed by atoms with E-state index < -0.39 is 0 Å². The smallest absolute Gasteiger partial charge is 0.237 e. The van der Waals surface area contributed by atoms with Gasteiger partial charge in [-0.3, -0.25) is 4.79 Å². The summed E-state index contributed by atoms with van der Waals surface area (Å²) in [4.78, 5) is 21.2. The Bertz CT molecular complexity index is 1060. The Balaban J connectivity index is 1.55. The number of thioether (sulfide) groups is 1. The molecular weight excluding hydrogens is 350 g/mol. The molecule has 0 spiro atoms. The lowest BCUT2D eigenvalue weighted by molar-refractivity contribution is -0.115. The zero-order chi connectivity index (χ0) is 17.2. The van der Waals surface area contributed by atoms with Crippen molar-refractivity contribution in [1.29, 1.82) is 0 Å². The molecule has 124 valence electrons. The average Bonchev–Trinajstić information content (AvgIpc) is 3.12. The van der Waals surface area contributed by atoms with E-state index in [1.807, 2.05) is 60.8 Å². The number of anilines is 1. The lowest BCUT2D eigenvalue weighted by atomic mass is 10.1. The molecule has 0 fully saturated rings. The van der Waals surface area contributed by atoms with Gasteiger partial charge in [0.15, 0.2) is 0 Å². The molecule has 0 radical (unpaired) electrons. The van der Waals surface area contributed by atoms with Crippen molar-refractivity contribution in [3.63, 3.8) is 0 Å². The van der Waals surface area contributed by atoms with Crippen LogP contribution in [0.15, 0.2) is 65.3 Å². The monoisotopic (exact) mass is 365 g/mol. The highest BCUT2D eigenvalue weighted by Gasteiger charge is 2.18. The van der Waals surface area contributed by atoms with E-state index in [0.29, 0.717) is 0 Å². The van der Waals surface area contributed by atoms with Crippen LogP contribution in [0.4, 0.5) is 5.69 Å². The molecule has 6 heteroatoms. The van der Waals surface area contributed by atoms with Crippen molar-refractivity contribution in [2.45, 2.75) is 17.2 Å². The number of fused-ring (bicyclic) bond motifs is 2. The van der Waals surface area contributed by atoms with Crippen molar-refractivity contribution >= 4 is 55.7 Å². The van der Waals surface area contributed by atoms with E-state index in [4.69, 9.17) is 0 Å². The number of benzene rings is 2. The second-order valence-corrected chi connectivity index (χ2v) is 7.84. The summed E-state index contributed by atoms with van der Waals surface area (Å²) in [7, 11) is 0. The summed E-state index contributed by atoms with van der Waals surface area (Å²) in [5.74, 6) is -0.0373. The maximum absolute atomic E-state index is 12.7. The van der Waals surface area contributed by atoms with Gasteiger partial charge in [-0.15, -0.1) is 11.3 Å². The first-order valence-electron chi connectivity index (χ1n) is 7.86. The summed E-state index contributed by atoms with van der Waals surface area (Å²) in [6, 6.07) is 15.9. The second-order valence-electron chi connectivity index (χ2n) is 5.59. The molecule has 0 aliphatic heterocycles. The largest absolute Gasteiger partial charge is 0.325 e. The molecule has 0 saturated carbocycles. The topological polar surface area (TPSA) is 54.9 Å². The predicted octanol–water partition coefficient (Wildman–Crippen LogP) is 4.96. The number of aromatic nitrogens is 2. The molecule has 0 saturated heterocycles. The van der Waals surface area contributed by atoms with Gasteiger partial charge in [0.25, 0.3) is 0 Å². The summed E-state index contributed by atoms with van der Waals surface area (Å²) >= 11 is 3.05. The molecule has 1 unspecified atom stereocenters. The minimum atomic E-state index is -0.265. The van der Waals surface area contributed by atoms with Gasteiger partial charge in [-0.05, 0) is 29.8 Å². The Morgan fingerprint density at radius 1 is 1.12 bits per heavy atom. The molecule has 0 bridgehead atoms. The van der Waals surface area contributed by atoms with Crippen molar-refractivity contribution < 1.29 is 4.79 Å². The van der Waals surface area contributed by atoms with Gasteiger partial charge in [0.05, 0.1) is 15.5 Å². The third-order valence-electron chi connectivity index (χ3n) is 3.92. The molecule has 1 atom stereocenters. The Labute approximate surface area is 153 Å². The van der Waals surface area contributed by atoms with Gasteiger partial charge in [-0.2, -0.15) is 0 Å². The zero-order valence-corrected chi connectivity index (χ0v) is 15.1. The molecule has 2 aromatic carbocycles. The first-order chi connectivity index (χ1) is 12.2. The number of hydrogen-bond acceptors (Lipinski definition) is 5. The lowest BCUT2D eigenvalue weighted by Gasteiger charge is -2.13. The molecule has 25 heavy (non-hydrogen) atoms. The van der Waals surface area contributed by atoms with Crippen LogP contribution in [0.3, 0.4) is 0 Å². The minimum Gasteiger partial charge on any atom is -0.325 e. The van der Waals surface area contributed by atoms with Gasteiger partial charge >= 0.3 is 0 Å². The van der Waals surface area contributed by atoms with Gasteiger partial charge in [0.1, 0.15) is 11.4 Å². The van der Waals surface area contributed by atoms with Crippen LogP contribution >= 0.6 is 23.1 Å². The average molecular weight is 365 g/mol. The first kappa shape index (κ1) is 16.1. The Morgan fingerprint density at radius 2 is 1.96 bits per heavy atom. The highest BCUT2D eigenvalue weighted by molar-refractivity contribution is 8.00. The minimum absolute atomic E-state index is 0.0373. The van der Waals surface area contributed by atoms with Crippen molar-refractivity contribution in [3.05, 3.63) is 60.2 Å². The number of carbonyl (C=O) groups excluding carboxylic acids is 1. The van der Waals surface area contributed by atoms with Crippen molar-refractivity contribution in [1.82, 2.24) is 9.97 Å². The van der Waals surface area contributed by atoms with Crippen molar-refractivity contribution in [2.75, 3.05) is 5.32 Å². The van der Waals surface area contributed by atoms with Gasteiger partial charge in [0, 0.05) is 11.1 Å². The Morgan fingerprint density at radius 3 is 2.88 bits per heavy atom. The van der Waals surface area contributed by atoms with Crippen LogP contribution < -0.4 is 5.32 Å². The van der Waals surface area contributed by atoms with Gasteiger partial charge in [-0.25, -0.2) is 9.97 Å². The summed E-state index contributed by atoms with van der Waals surface area (Å²) in [5, 5.41) is 7.77. The normalized spacial score (nSPS) is 12.4. The number of rotatable bonds is 4. The summed E-state index contributed by atoms with van der Waals surface area (Å²) in [6.45, 7) is 1.90. The molecule has 4 aromatic rings. The SMILES string of the molecule is CC(Sc1ncnc2ccsc12)C(=O)Nc1cccc2ccccc12. The second kappa shape index (κ2) is 6.82. The molecular formula is C19H15N3OS2. The third kappa shape index (κ3) is 3.23. The van der Waals surface area contributed by atoms with Crippen molar-refractivity contribution in [3.8, 4) is 0 Å². The van der Waals surface area contributed by atoms with Gasteiger partial charge < -0.3 is 5.32 Å². The van der Waals surface area contributed by atoms with Gasteiger partial charge in [0.2, 0.25) is 5.91 Å². The Hall–Kier alpha value is -2.44. The first-order valence-corrected chi connectivity index (χ1v) is 9.62. The van der Waals surface area contributed by atoms with Crippen LogP contribution in [0.2, 0.25) is 0 Å². The highest BCUT2D eigenvalue weighted by atomic mass is 32.2. The molecule has 4 rings (SSSR count). The van der Waals surface area contributed by atoms with E-state index >= 15 is 0 Å². The lowest BCUT2D eigenvalue weighted by Crippen LogP contribution is -2.22. The van der Waals surface area contributed by atoms with E-state index in [1.54, 1.807) is 17.7 Å². The summed E-state index contributed by atoms with van der Waals surface area (Å²) in [5.41, 5.74) is 1.75. The number of hydrogen-bond donors (Lipinski definition) is 1. The standard InChI is InChI=1S/C19H15N3OS2/c1-12(25-19-17-16(9-10-24-17)20-11-21-19)18(23)22-15-8-4-6-13-5-2-3-7-14(13)15/h2-12H,1H3,(H,22,23). The van der Waals surface area contributed by atoms with E-state index in [9.17, 15) is 4.79 Å². The third-order valence-corrected chi connectivity index (χ3v) is 6.06. The van der Waals surface area contributed by atoms with Crippen LogP contribution in [0.1, 0.15) is 6.92 Å². The zero-order valence-electron chi connectivity index (χ0n) is 13.5. The number of nitrogens with one attached hydrogen (secondary N) is 1. The molecule has 4 nitrogen and oxygen atoms in total. The van der Waals surface area contributed by atoms with Crippen LogP contribution in [-0.2, 0) is 4.79 Å². The molecule has 1 amide bonds. The Kier molecular flexibility index (Phi) is 4.38. The molecule has 2 heterocycles. The van der Waals surface area contributed by atoms with Crippen molar-refractivity contribution in [2.24, 2.45) is 0 Å². The fourth-order valence-corrected chi connectivity index (χ4v) is 4.48. The van der Waals surface area contributed by atoms with Crippen LogP contribution in [0.25, 0.3) is 21.0 Å². The number of nitrogens with zero attached hydrogens (tertiary/aromatic N) is 2. The maximum atomic E-state index is 12.7. The van der Waals surface area contributed by atoms with Crippen LogP contribution in [-0.4, -0.2) is 21.1 Å². The molecule has 2 aromatic heterocycles. The molecule has 0 aliphatic rings. The molecule has 0 aliphatic carbocycles. The number of carbonyl (C=O) groups is 1.